The maximum absolute atomic E-state index is 2.22. The summed E-state index contributed by atoms with van der Waals surface area (Å²) < 4.78 is 0. The van der Waals surface area contributed by atoms with E-state index >= 15 is 0 Å². The first-order valence-electron chi connectivity index (χ1n) is 1.91. The monoisotopic (exact) mass is 72.1 g/mol. The van der Waals surface area contributed by atoms with E-state index in [1.54, 1.807) is 0 Å². The molecule has 0 amide bonds. The molecule has 0 heterocycles. The number of rotatable bonds is 1. The molecule has 0 aromatic heterocycles. The van der Waals surface area contributed by atoms with Crippen molar-refractivity contribution in [2.75, 3.05) is 0 Å². The van der Waals surface area contributed by atoms with Gasteiger partial charge in [0.05, 0.1) is 0 Å². The van der Waals surface area contributed by atoms with Crippen LogP contribution in [0.1, 0.15) is 13.3 Å². The molecule has 0 bridgehead atoms. The second-order valence-corrected chi connectivity index (χ2v) is 2.00. The molecule has 4 heavy (non-hydrogen) atoms. The summed E-state index contributed by atoms with van der Waals surface area (Å²) in [6.07, 6.45) is 1.38. The Bertz CT molecular complexity index is 5.25. The molecule has 0 saturated carbocycles. The molecule has 0 aromatic carbocycles. The normalized spacial score (nSPS) is 7.25. The van der Waals surface area contributed by atoms with Crippen molar-refractivity contribution in [1.29, 1.82) is 0 Å². The molecule has 0 aliphatic heterocycles. The van der Waals surface area contributed by atoms with Gasteiger partial charge in [0.1, 0.15) is 0 Å². The molecule has 0 fully saturated rings. The summed E-state index contributed by atoms with van der Waals surface area (Å²) in [5.74, 6) is 0. The molecule has 0 spiro atoms. The minimum absolute atomic E-state index is 1.38. The molecular formula is C3H9Al. The molecule has 0 aliphatic rings. The molecular weight excluding hydrogens is 63.0 g/mol. The Morgan fingerprint density at radius 1 is 1.75 bits per heavy atom. The van der Waals surface area contributed by atoms with Crippen LogP contribution in [0.2, 0.25) is 5.28 Å². The molecule has 24 valence electrons. The maximum atomic E-state index is 2.22. The number of hydrogen-bond acceptors (Lipinski definition) is 0. The lowest BCUT2D eigenvalue weighted by Crippen LogP contribution is -1.55. The van der Waals surface area contributed by atoms with Crippen molar-refractivity contribution in [1.82, 2.24) is 0 Å². The topological polar surface area (TPSA) is 0 Å². The van der Waals surface area contributed by atoms with Gasteiger partial charge in [0, 0.05) is 0 Å². The average molecular weight is 72.1 g/mol. The van der Waals surface area contributed by atoms with Crippen molar-refractivity contribution in [2.45, 2.75) is 18.6 Å². The van der Waals surface area contributed by atoms with E-state index in [2.05, 4.69) is 6.92 Å². The first-order chi connectivity index (χ1) is 1.91. The van der Waals surface area contributed by atoms with Gasteiger partial charge in [-0.1, -0.05) is 13.3 Å². The van der Waals surface area contributed by atoms with Crippen LogP contribution < -0.4 is 0 Å². The third kappa shape index (κ3) is 2.53. The Hall–Kier alpha value is 0.532. The largest absolute Gasteiger partial charge is 0.211 e. The summed E-state index contributed by atoms with van der Waals surface area (Å²) in [5, 5.41) is 1.46. The Balaban J connectivity index is 1.97. The van der Waals surface area contributed by atoms with Gasteiger partial charge in [-0.3, -0.25) is 0 Å². The summed E-state index contributed by atoms with van der Waals surface area (Å²) >= 11 is 1.39. The van der Waals surface area contributed by atoms with E-state index in [0.717, 1.165) is 0 Å². The lowest BCUT2D eigenvalue weighted by Gasteiger charge is -1.66. The second-order valence-electron chi connectivity index (χ2n) is 1.000. The highest BCUT2D eigenvalue weighted by molar-refractivity contribution is 6.08. The second kappa shape index (κ2) is 3.53. The van der Waals surface area contributed by atoms with Crippen molar-refractivity contribution in [2.24, 2.45) is 0 Å². The summed E-state index contributed by atoms with van der Waals surface area (Å²) in [4.78, 5) is 0. The predicted octanol–water partition coefficient (Wildman–Crippen LogP) is 0.448. The third-order valence-corrected chi connectivity index (χ3v) is 1.50. The van der Waals surface area contributed by atoms with Crippen molar-refractivity contribution in [3.8, 4) is 0 Å². The third-order valence-electron chi connectivity index (χ3n) is 0.500. The molecule has 0 aliphatic carbocycles. The Labute approximate surface area is 35.6 Å². The molecule has 0 atom stereocenters. The maximum Gasteiger partial charge on any atom is 0.211 e. The van der Waals surface area contributed by atoms with Crippen molar-refractivity contribution < 1.29 is 0 Å². The van der Waals surface area contributed by atoms with Crippen LogP contribution in [0.5, 0.6) is 0 Å². The SMILES string of the molecule is CC[CH2][AlH2]. The van der Waals surface area contributed by atoms with E-state index in [9.17, 15) is 0 Å². The van der Waals surface area contributed by atoms with Crippen molar-refractivity contribution in [3.05, 3.63) is 0 Å². The van der Waals surface area contributed by atoms with Gasteiger partial charge in [0.2, 0.25) is 16.3 Å². The average Bonchev–Trinajstić information content (AvgIpc) is 1.37. The highest BCUT2D eigenvalue weighted by Gasteiger charge is 1.58. The van der Waals surface area contributed by atoms with E-state index in [1.165, 1.54) is 28.0 Å². The zero-order valence-electron chi connectivity index (χ0n) is 3.41. The lowest BCUT2D eigenvalue weighted by molar-refractivity contribution is 1.08. The fourth-order valence-corrected chi connectivity index (χ4v) is 0. The zero-order valence-corrected chi connectivity index (χ0v) is 5.41. The van der Waals surface area contributed by atoms with Crippen molar-refractivity contribution >= 4 is 16.3 Å². The van der Waals surface area contributed by atoms with Crippen LogP contribution in [0.4, 0.5) is 0 Å². The molecule has 0 rings (SSSR count). The van der Waals surface area contributed by atoms with Crippen LogP contribution in [-0.2, 0) is 0 Å². The number of hydrogen-bond donors (Lipinski definition) is 0. The standard InChI is InChI=1S/C3H7.Al.2H/c1-3-2;;;/h1,3H2,2H3;;;. The molecule has 0 N–H and O–H groups in total. The molecule has 0 aromatic rings. The minimum Gasteiger partial charge on any atom is -0.101 e. The van der Waals surface area contributed by atoms with Gasteiger partial charge in [-0.15, -0.1) is 5.28 Å². The van der Waals surface area contributed by atoms with E-state index < -0.39 is 0 Å². The van der Waals surface area contributed by atoms with Crippen LogP contribution in [0.3, 0.4) is 0 Å². The first kappa shape index (κ1) is 4.53. The van der Waals surface area contributed by atoms with E-state index in [1.807, 2.05) is 0 Å². The van der Waals surface area contributed by atoms with E-state index in [-0.39, 0.29) is 0 Å². The predicted molar refractivity (Wildman–Crippen MR) is 23.6 cm³/mol. The van der Waals surface area contributed by atoms with Crippen LogP contribution >= 0.6 is 0 Å². The van der Waals surface area contributed by atoms with Crippen LogP contribution in [0, 0.1) is 0 Å². The van der Waals surface area contributed by atoms with Gasteiger partial charge in [-0.05, 0) is 0 Å². The quantitative estimate of drug-likeness (QED) is 0.394. The van der Waals surface area contributed by atoms with Crippen LogP contribution in [0.25, 0.3) is 0 Å². The molecule has 1 heteroatoms. The summed E-state index contributed by atoms with van der Waals surface area (Å²) in [5.41, 5.74) is 0. The van der Waals surface area contributed by atoms with Crippen LogP contribution in [-0.4, -0.2) is 16.3 Å². The van der Waals surface area contributed by atoms with Gasteiger partial charge < -0.3 is 0 Å². The fraction of sp³-hybridized carbons (Fsp3) is 1.00. The minimum atomic E-state index is 1.38. The van der Waals surface area contributed by atoms with Crippen LogP contribution in [0.15, 0.2) is 0 Å². The molecule has 0 nitrogen and oxygen atoms in total. The highest BCUT2D eigenvalue weighted by Crippen LogP contribution is 1.73. The van der Waals surface area contributed by atoms with Crippen molar-refractivity contribution in [3.63, 3.8) is 0 Å². The molecule has 0 saturated heterocycles. The van der Waals surface area contributed by atoms with Gasteiger partial charge in [-0.2, -0.15) is 0 Å². The van der Waals surface area contributed by atoms with Gasteiger partial charge in [0.15, 0.2) is 0 Å². The van der Waals surface area contributed by atoms with Gasteiger partial charge >= 0.3 is 0 Å². The smallest absolute Gasteiger partial charge is 0.101 e. The Kier molecular flexibility index (Phi) is 4.00. The fourth-order valence-electron chi connectivity index (χ4n) is 0. The highest BCUT2D eigenvalue weighted by atomic mass is 27.0. The van der Waals surface area contributed by atoms with E-state index in [4.69, 9.17) is 0 Å². The van der Waals surface area contributed by atoms with Gasteiger partial charge in [0.25, 0.3) is 0 Å². The molecule has 0 radical (unpaired) electrons. The Morgan fingerprint density at radius 3 is 2.00 bits per heavy atom. The first-order valence-corrected chi connectivity index (χ1v) is 3.33. The Morgan fingerprint density at radius 2 is 2.00 bits per heavy atom. The molecule has 0 unspecified atom stereocenters. The lowest BCUT2D eigenvalue weighted by atomic mass is 10.6. The summed E-state index contributed by atoms with van der Waals surface area (Å²) in [6.45, 7) is 2.22. The van der Waals surface area contributed by atoms with E-state index in [0.29, 0.717) is 0 Å². The zero-order chi connectivity index (χ0) is 3.41. The van der Waals surface area contributed by atoms with Gasteiger partial charge in [-0.25, -0.2) is 0 Å². The summed E-state index contributed by atoms with van der Waals surface area (Å²) in [6, 6.07) is 0. The summed E-state index contributed by atoms with van der Waals surface area (Å²) in [7, 11) is 0.